The second-order valence-electron chi connectivity index (χ2n) is 6.16. The average Bonchev–Trinajstić information content (AvgIpc) is 3.17. The van der Waals surface area contributed by atoms with Crippen LogP contribution in [0.25, 0.3) is 15.9 Å². The van der Waals surface area contributed by atoms with Crippen LogP contribution in [0.15, 0.2) is 30.3 Å². The highest BCUT2D eigenvalue weighted by atomic mass is 35.5. The number of nitrogens with one attached hydrogen (secondary N) is 1. The maximum atomic E-state index is 12.8. The molecule has 7 heteroatoms. The first-order chi connectivity index (χ1) is 11.6. The maximum Gasteiger partial charge on any atom is 0.264 e. The van der Waals surface area contributed by atoms with Crippen LogP contribution in [0.4, 0.5) is 0 Å². The lowest BCUT2D eigenvalue weighted by molar-refractivity contribution is 0.0741. The molecular weight excluding hydrogens is 356 g/mol. The van der Waals surface area contributed by atoms with Crippen LogP contribution in [0, 0.1) is 13.8 Å². The minimum atomic E-state index is 0. The summed E-state index contributed by atoms with van der Waals surface area (Å²) in [5.41, 5.74) is 3.20. The summed E-state index contributed by atoms with van der Waals surface area (Å²) in [6.07, 6.45) is 0. The number of para-hydroxylation sites is 1. The lowest BCUT2D eigenvalue weighted by atomic mass is 10.2. The molecule has 1 fully saturated rings. The van der Waals surface area contributed by atoms with E-state index < -0.39 is 0 Å². The van der Waals surface area contributed by atoms with Gasteiger partial charge in [0.25, 0.3) is 5.91 Å². The van der Waals surface area contributed by atoms with Crippen molar-refractivity contribution in [3.63, 3.8) is 0 Å². The fourth-order valence-electron chi connectivity index (χ4n) is 3.14. The molecule has 1 aliphatic heterocycles. The number of amides is 1. The molecule has 0 aliphatic carbocycles. The molecule has 3 aromatic rings. The molecule has 25 heavy (non-hydrogen) atoms. The first kappa shape index (κ1) is 17.9. The SMILES string of the molecule is Cc1ccccc1-n1nc(C)c2cc(C(=O)N3CCNCC3)sc21.Cl. The number of carbonyl (C=O) groups excluding carboxylic acids is 1. The van der Waals surface area contributed by atoms with Crippen molar-refractivity contribution in [2.75, 3.05) is 26.2 Å². The minimum Gasteiger partial charge on any atom is -0.335 e. The molecule has 0 unspecified atom stereocenters. The molecule has 1 amide bonds. The van der Waals surface area contributed by atoms with E-state index in [0.29, 0.717) is 0 Å². The van der Waals surface area contributed by atoms with E-state index in [4.69, 9.17) is 0 Å². The van der Waals surface area contributed by atoms with Crippen LogP contribution >= 0.6 is 23.7 Å². The van der Waals surface area contributed by atoms with E-state index in [1.54, 1.807) is 0 Å². The number of aryl methyl sites for hydroxylation is 2. The van der Waals surface area contributed by atoms with E-state index in [1.807, 2.05) is 34.7 Å². The van der Waals surface area contributed by atoms with Crippen molar-refractivity contribution in [3.05, 3.63) is 46.5 Å². The standard InChI is InChI=1S/C18H20N4OS.ClH/c1-12-5-3-4-6-15(12)22-18-14(13(2)20-22)11-16(24-18)17(23)21-9-7-19-8-10-21;/h3-6,11,19H,7-10H2,1-2H3;1H. The zero-order valence-electron chi connectivity index (χ0n) is 14.3. The molecule has 1 saturated heterocycles. The topological polar surface area (TPSA) is 50.2 Å². The van der Waals surface area contributed by atoms with Gasteiger partial charge in [-0.25, -0.2) is 4.68 Å². The quantitative estimate of drug-likeness (QED) is 0.747. The molecule has 132 valence electrons. The number of hydrogen-bond acceptors (Lipinski definition) is 4. The van der Waals surface area contributed by atoms with E-state index >= 15 is 0 Å². The number of rotatable bonds is 2. The molecule has 4 rings (SSSR count). The number of benzene rings is 1. The van der Waals surface area contributed by atoms with Gasteiger partial charge in [-0.15, -0.1) is 23.7 Å². The molecule has 0 radical (unpaired) electrons. The van der Waals surface area contributed by atoms with E-state index in [-0.39, 0.29) is 18.3 Å². The number of hydrogen-bond donors (Lipinski definition) is 1. The summed E-state index contributed by atoms with van der Waals surface area (Å²) in [7, 11) is 0. The number of fused-ring (bicyclic) bond motifs is 1. The molecule has 1 N–H and O–H groups in total. The largest absolute Gasteiger partial charge is 0.335 e. The highest BCUT2D eigenvalue weighted by Crippen LogP contribution is 2.31. The Labute approximate surface area is 157 Å². The first-order valence-corrected chi connectivity index (χ1v) is 9.02. The van der Waals surface area contributed by atoms with E-state index in [0.717, 1.165) is 52.7 Å². The average molecular weight is 377 g/mol. The van der Waals surface area contributed by atoms with Crippen molar-refractivity contribution >= 4 is 39.9 Å². The predicted molar refractivity (Wildman–Crippen MR) is 104 cm³/mol. The zero-order valence-corrected chi connectivity index (χ0v) is 15.9. The monoisotopic (exact) mass is 376 g/mol. The number of aromatic nitrogens is 2. The summed E-state index contributed by atoms with van der Waals surface area (Å²) in [5.74, 6) is 0.133. The van der Waals surface area contributed by atoms with Gasteiger partial charge in [-0.2, -0.15) is 5.10 Å². The Hall–Kier alpha value is -1.89. The van der Waals surface area contributed by atoms with E-state index in [2.05, 4.69) is 29.5 Å². The Morgan fingerprint density at radius 2 is 1.92 bits per heavy atom. The number of thiophene rings is 1. The molecular formula is C18H21ClN4OS. The van der Waals surface area contributed by atoms with Crippen LogP contribution in [0.5, 0.6) is 0 Å². The van der Waals surface area contributed by atoms with Gasteiger partial charge >= 0.3 is 0 Å². The predicted octanol–water partition coefficient (Wildman–Crippen LogP) is 3.17. The highest BCUT2D eigenvalue weighted by Gasteiger charge is 2.22. The second-order valence-corrected chi connectivity index (χ2v) is 7.19. The lowest BCUT2D eigenvalue weighted by Gasteiger charge is -2.26. The Bertz CT molecular complexity index is 911. The summed E-state index contributed by atoms with van der Waals surface area (Å²) in [4.78, 5) is 16.5. The summed E-state index contributed by atoms with van der Waals surface area (Å²) in [6.45, 7) is 7.37. The molecule has 0 spiro atoms. The van der Waals surface area contributed by atoms with Gasteiger partial charge in [0.15, 0.2) is 0 Å². The van der Waals surface area contributed by atoms with E-state index in [9.17, 15) is 4.79 Å². The first-order valence-electron chi connectivity index (χ1n) is 8.20. The summed E-state index contributed by atoms with van der Waals surface area (Å²) >= 11 is 1.54. The molecule has 2 aromatic heterocycles. The Kier molecular flexibility index (Phi) is 5.13. The van der Waals surface area contributed by atoms with Crippen LogP contribution < -0.4 is 5.32 Å². The summed E-state index contributed by atoms with van der Waals surface area (Å²) < 4.78 is 1.97. The molecule has 0 bridgehead atoms. The van der Waals surface area contributed by atoms with Gasteiger partial charge in [0, 0.05) is 31.6 Å². The number of nitrogens with zero attached hydrogens (tertiary/aromatic N) is 3. The van der Waals surface area contributed by atoms with Crippen molar-refractivity contribution < 1.29 is 4.79 Å². The fraction of sp³-hybridized carbons (Fsp3) is 0.333. The molecule has 3 heterocycles. The highest BCUT2D eigenvalue weighted by molar-refractivity contribution is 7.20. The lowest BCUT2D eigenvalue weighted by Crippen LogP contribution is -2.46. The molecule has 5 nitrogen and oxygen atoms in total. The Morgan fingerprint density at radius 1 is 1.20 bits per heavy atom. The van der Waals surface area contributed by atoms with Gasteiger partial charge in [-0.1, -0.05) is 18.2 Å². The zero-order chi connectivity index (χ0) is 16.7. The van der Waals surface area contributed by atoms with Gasteiger partial charge < -0.3 is 10.2 Å². The Balaban J connectivity index is 0.00000182. The molecule has 1 aromatic carbocycles. The van der Waals surface area contributed by atoms with Crippen LogP contribution in [-0.4, -0.2) is 46.8 Å². The summed E-state index contributed by atoms with van der Waals surface area (Å²) in [6, 6.07) is 10.2. The third-order valence-corrected chi connectivity index (χ3v) is 5.60. The molecule has 0 atom stereocenters. The minimum absolute atomic E-state index is 0. The number of carbonyl (C=O) groups is 1. The van der Waals surface area contributed by atoms with Gasteiger partial charge in [0.1, 0.15) is 4.83 Å². The third kappa shape index (κ3) is 3.17. The van der Waals surface area contributed by atoms with Crippen molar-refractivity contribution in [1.29, 1.82) is 0 Å². The number of piperazine rings is 1. The van der Waals surface area contributed by atoms with Crippen molar-refractivity contribution in [1.82, 2.24) is 20.0 Å². The van der Waals surface area contributed by atoms with Crippen LogP contribution in [-0.2, 0) is 0 Å². The van der Waals surface area contributed by atoms with Crippen LogP contribution in [0.1, 0.15) is 20.9 Å². The van der Waals surface area contributed by atoms with Gasteiger partial charge in [-0.05, 0) is 31.5 Å². The summed E-state index contributed by atoms with van der Waals surface area (Å²) in [5, 5.41) is 9.04. The van der Waals surface area contributed by atoms with Crippen molar-refractivity contribution in [3.8, 4) is 5.69 Å². The van der Waals surface area contributed by atoms with E-state index in [1.165, 1.54) is 16.9 Å². The fourth-order valence-corrected chi connectivity index (χ4v) is 4.28. The van der Waals surface area contributed by atoms with Gasteiger partial charge in [0.05, 0.1) is 16.3 Å². The van der Waals surface area contributed by atoms with Gasteiger partial charge in [-0.3, -0.25) is 4.79 Å². The number of halogens is 1. The smallest absolute Gasteiger partial charge is 0.264 e. The van der Waals surface area contributed by atoms with Crippen LogP contribution in [0.2, 0.25) is 0 Å². The Morgan fingerprint density at radius 3 is 2.64 bits per heavy atom. The maximum absolute atomic E-state index is 12.8. The molecule has 1 aliphatic rings. The van der Waals surface area contributed by atoms with Crippen molar-refractivity contribution in [2.24, 2.45) is 0 Å². The van der Waals surface area contributed by atoms with Crippen LogP contribution in [0.3, 0.4) is 0 Å². The normalized spacial score (nSPS) is 14.6. The third-order valence-electron chi connectivity index (χ3n) is 4.50. The van der Waals surface area contributed by atoms with Gasteiger partial charge in [0.2, 0.25) is 0 Å². The molecule has 0 saturated carbocycles. The second kappa shape index (κ2) is 7.15. The van der Waals surface area contributed by atoms with Crippen molar-refractivity contribution in [2.45, 2.75) is 13.8 Å².